The van der Waals surface area contributed by atoms with Gasteiger partial charge in [0.15, 0.2) is 0 Å². The van der Waals surface area contributed by atoms with E-state index in [0.29, 0.717) is 11.0 Å². The van der Waals surface area contributed by atoms with Crippen molar-refractivity contribution >= 4 is 11.8 Å². The Morgan fingerprint density at radius 2 is 2.31 bits per heavy atom. The van der Waals surface area contributed by atoms with Crippen LogP contribution in [0.4, 0.5) is 0 Å². The first kappa shape index (κ1) is 8.95. The molecule has 1 N–H and O–H groups in total. The number of aryl methyl sites for hydroxylation is 1. The van der Waals surface area contributed by atoms with E-state index in [2.05, 4.69) is 13.0 Å². The minimum atomic E-state index is 0.463. The molecule has 0 spiro atoms. The lowest BCUT2D eigenvalue weighted by molar-refractivity contribution is 0.467. The molecule has 1 atom stereocenters. The lowest BCUT2D eigenvalue weighted by Gasteiger charge is -2.11. The quantitative estimate of drug-likeness (QED) is 0.740. The van der Waals surface area contributed by atoms with Crippen LogP contribution < -0.4 is 0 Å². The van der Waals surface area contributed by atoms with Crippen LogP contribution in [0.2, 0.25) is 0 Å². The second-order valence-corrected chi connectivity index (χ2v) is 4.87. The van der Waals surface area contributed by atoms with E-state index in [0.717, 1.165) is 5.56 Å². The van der Waals surface area contributed by atoms with Crippen molar-refractivity contribution < 1.29 is 5.11 Å². The van der Waals surface area contributed by atoms with E-state index < -0.39 is 0 Å². The van der Waals surface area contributed by atoms with Crippen molar-refractivity contribution in [3.05, 3.63) is 29.3 Å². The van der Waals surface area contributed by atoms with E-state index in [4.69, 9.17) is 0 Å². The van der Waals surface area contributed by atoms with Gasteiger partial charge in [-0.3, -0.25) is 0 Å². The van der Waals surface area contributed by atoms with Crippen LogP contribution >= 0.6 is 11.8 Å². The molecule has 1 heterocycles. The third-order valence-corrected chi connectivity index (χ3v) is 3.88. The predicted molar refractivity (Wildman–Crippen MR) is 57.3 cm³/mol. The summed E-state index contributed by atoms with van der Waals surface area (Å²) < 4.78 is 0. The molecule has 1 aliphatic heterocycles. The normalized spacial score (nSPS) is 22.1. The highest BCUT2D eigenvalue weighted by Crippen LogP contribution is 2.43. The molecule has 1 aromatic rings. The SMILES string of the molecule is Cc1ccc(O)c(C2CCCS2)c1. The van der Waals surface area contributed by atoms with Crippen molar-refractivity contribution in [1.29, 1.82) is 0 Å². The number of benzene rings is 1. The van der Waals surface area contributed by atoms with Crippen LogP contribution in [0, 0.1) is 6.92 Å². The van der Waals surface area contributed by atoms with Gasteiger partial charge >= 0.3 is 0 Å². The van der Waals surface area contributed by atoms with Crippen LogP contribution in [-0.4, -0.2) is 10.9 Å². The number of rotatable bonds is 1. The molecule has 1 unspecified atom stereocenters. The predicted octanol–water partition coefficient (Wildman–Crippen LogP) is 3.27. The van der Waals surface area contributed by atoms with Gasteiger partial charge in [-0.1, -0.05) is 17.7 Å². The molecular weight excluding hydrogens is 180 g/mol. The third-order valence-electron chi connectivity index (χ3n) is 2.46. The summed E-state index contributed by atoms with van der Waals surface area (Å²) in [5.74, 6) is 1.70. The molecule has 0 amide bonds. The molecule has 0 aromatic heterocycles. The summed E-state index contributed by atoms with van der Waals surface area (Å²) in [6.45, 7) is 2.07. The fourth-order valence-corrected chi connectivity index (χ4v) is 3.07. The van der Waals surface area contributed by atoms with Crippen molar-refractivity contribution in [3.63, 3.8) is 0 Å². The fraction of sp³-hybridized carbons (Fsp3) is 0.455. The molecule has 1 saturated heterocycles. The monoisotopic (exact) mass is 194 g/mol. The summed E-state index contributed by atoms with van der Waals surface area (Å²) in [7, 11) is 0. The van der Waals surface area contributed by atoms with Crippen molar-refractivity contribution in [2.45, 2.75) is 25.0 Å². The first-order valence-corrected chi connectivity index (χ1v) is 5.73. The zero-order chi connectivity index (χ0) is 9.26. The smallest absolute Gasteiger partial charge is 0.119 e. The molecule has 13 heavy (non-hydrogen) atoms. The Morgan fingerprint density at radius 1 is 1.46 bits per heavy atom. The van der Waals surface area contributed by atoms with Gasteiger partial charge in [0.1, 0.15) is 5.75 Å². The van der Waals surface area contributed by atoms with Crippen LogP contribution in [0.3, 0.4) is 0 Å². The first-order valence-electron chi connectivity index (χ1n) is 4.68. The van der Waals surface area contributed by atoms with Gasteiger partial charge in [0.05, 0.1) is 0 Å². The van der Waals surface area contributed by atoms with Gasteiger partial charge in [-0.2, -0.15) is 11.8 Å². The highest BCUT2D eigenvalue weighted by molar-refractivity contribution is 7.99. The molecule has 2 heteroatoms. The summed E-state index contributed by atoms with van der Waals surface area (Å²) in [6.07, 6.45) is 2.49. The summed E-state index contributed by atoms with van der Waals surface area (Å²) in [5.41, 5.74) is 2.36. The molecular formula is C11H14OS. The maximum Gasteiger partial charge on any atom is 0.119 e. The van der Waals surface area contributed by atoms with E-state index in [1.165, 1.54) is 24.2 Å². The van der Waals surface area contributed by atoms with Crippen LogP contribution in [0.15, 0.2) is 18.2 Å². The number of hydrogen-bond acceptors (Lipinski definition) is 2. The number of thioether (sulfide) groups is 1. The Labute approximate surface area is 83.2 Å². The Morgan fingerprint density at radius 3 is 3.00 bits per heavy atom. The summed E-state index contributed by atoms with van der Waals surface area (Å²) >= 11 is 1.96. The zero-order valence-corrected chi connectivity index (χ0v) is 8.60. The second kappa shape index (κ2) is 3.62. The molecule has 2 rings (SSSR count). The molecule has 0 radical (unpaired) electrons. The van der Waals surface area contributed by atoms with Gasteiger partial charge in [-0.15, -0.1) is 0 Å². The highest BCUT2D eigenvalue weighted by Gasteiger charge is 2.20. The van der Waals surface area contributed by atoms with Gasteiger partial charge < -0.3 is 5.11 Å². The van der Waals surface area contributed by atoms with Gasteiger partial charge in [0.25, 0.3) is 0 Å². The standard InChI is InChI=1S/C11H14OS/c1-8-4-5-10(12)9(7-8)11-3-2-6-13-11/h4-5,7,11-12H,2-3,6H2,1H3. The maximum absolute atomic E-state index is 9.68. The molecule has 0 aliphatic carbocycles. The van der Waals surface area contributed by atoms with Crippen LogP contribution in [0.25, 0.3) is 0 Å². The molecule has 1 fully saturated rings. The van der Waals surface area contributed by atoms with Crippen molar-refractivity contribution in [2.75, 3.05) is 5.75 Å². The number of phenolic OH excluding ortho intramolecular Hbond substituents is 1. The molecule has 1 nitrogen and oxygen atoms in total. The van der Waals surface area contributed by atoms with Gasteiger partial charge in [0.2, 0.25) is 0 Å². The Bertz CT molecular complexity index is 303. The molecule has 0 saturated carbocycles. The highest BCUT2D eigenvalue weighted by atomic mass is 32.2. The summed E-state index contributed by atoms with van der Waals surface area (Å²) in [6, 6.07) is 5.88. The molecule has 1 aromatic carbocycles. The van der Waals surface area contributed by atoms with Crippen molar-refractivity contribution in [3.8, 4) is 5.75 Å². The Kier molecular flexibility index (Phi) is 2.49. The van der Waals surface area contributed by atoms with E-state index in [9.17, 15) is 5.11 Å². The fourth-order valence-electron chi connectivity index (χ4n) is 1.75. The molecule has 0 bridgehead atoms. The van der Waals surface area contributed by atoms with E-state index in [1.54, 1.807) is 0 Å². The van der Waals surface area contributed by atoms with Gasteiger partial charge in [-0.25, -0.2) is 0 Å². The van der Waals surface area contributed by atoms with Gasteiger partial charge in [0, 0.05) is 10.8 Å². The average molecular weight is 194 g/mol. The average Bonchev–Trinajstić information content (AvgIpc) is 2.61. The van der Waals surface area contributed by atoms with Crippen molar-refractivity contribution in [2.24, 2.45) is 0 Å². The largest absolute Gasteiger partial charge is 0.508 e. The van der Waals surface area contributed by atoms with E-state index >= 15 is 0 Å². The molecule has 1 aliphatic rings. The van der Waals surface area contributed by atoms with Crippen LogP contribution in [0.1, 0.15) is 29.2 Å². The molecule has 70 valence electrons. The Balaban J connectivity index is 2.32. The summed E-state index contributed by atoms with van der Waals surface area (Å²) in [5, 5.41) is 10.2. The first-order chi connectivity index (χ1) is 6.27. The lowest BCUT2D eigenvalue weighted by Crippen LogP contribution is -1.90. The Hall–Kier alpha value is -0.630. The second-order valence-electron chi connectivity index (χ2n) is 3.56. The number of hydrogen-bond donors (Lipinski definition) is 1. The maximum atomic E-state index is 9.68. The summed E-state index contributed by atoms with van der Waals surface area (Å²) in [4.78, 5) is 0. The number of aromatic hydroxyl groups is 1. The van der Waals surface area contributed by atoms with Crippen LogP contribution in [-0.2, 0) is 0 Å². The topological polar surface area (TPSA) is 20.2 Å². The minimum absolute atomic E-state index is 0.463. The van der Waals surface area contributed by atoms with Crippen molar-refractivity contribution in [1.82, 2.24) is 0 Å². The number of phenols is 1. The third kappa shape index (κ3) is 1.83. The lowest BCUT2D eigenvalue weighted by atomic mass is 10.0. The zero-order valence-electron chi connectivity index (χ0n) is 7.79. The van der Waals surface area contributed by atoms with E-state index in [-0.39, 0.29) is 0 Å². The minimum Gasteiger partial charge on any atom is -0.508 e. The van der Waals surface area contributed by atoms with Crippen LogP contribution in [0.5, 0.6) is 5.75 Å². The van der Waals surface area contributed by atoms with E-state index in [1.807, 2.05) is 23.9 Å². The van der Waals surface area contributed by atoms with Gasteiger partial charge in [-0.05, 0) is 31.6 Å².